The third-order valence-electron chi connectivity index (χ3n) is 4.23. The summed E-state index contributed by atoms with van der Waals surface area (Å²) < 4.78 is 27.8. The van der Waals surface area contributed by atoms with Crippen LogP contribution >= 0.6 is 11.3 Å². The van der Waals surface area contributed by atoms with E-state index >= 15 is 0 Å². The van der Waals surface area contributed by atoms with Gasteiger partial charge >= 0.3 is 0 Å². The van der Waals surface area contributed by atoms with E-state index in [0.717, 1.165) is 34.5 Å². The van der Waals surface area contributed by atoms with Crippen LogP contribution in [0.2, 0.25) is 0 Å². The smallest absolute Gasteiger partial charge is 0.250 e. The van der Waals surface area contributed by atoms with Gasteiger partial charge in [0.25, 0.3) is 0 Å². The number of carbonyl (C=O) groups excluding carboxylic acids is 1. The zero-order valence-electron chi connectivity index (χ0n) is 15.7. The number of thiophene rings is 1. The fraction of sp³-hybridized carbons (Fsp3) is 0.421. The number of rotatable bonds is 8. The summed E-state index contributed by atoms with van der Waals surface area (Å²) in [6.07, 6.45) is 1.62. The third kappa shape index (κ3) is 4.72. The van der Waals surface area contributed by atoms with Crippen molar-refractivity contribution in [2.24, 2.45) is 0 Å². The van der Waals surface area contributed by atoms with Gasteiger partial charge in [-0.15, -0.1) is 11.3 Å². The van der Waals surface area contributed by atoms with Crippen molar-refractivity contribution in [1.29, 1.82) is 0 Å². The minimum absolute atomic E-state index is 0.0995. The Morgan fingerprint density at radius 1 is 1.15 bits per heavy atom. The van der Waals surface area contributed by atoms with Crippen molar-refractivity contribution >= 4 is 33.0 Å². The Hall–Kier alpha value is -1.70. The van der Waals surface area contributed by atoms with Crippen LogP contribution < -0.4 is 9.62 Å². The summed E-state index contributed by atoms with van der Waals surface area (Å²) in [6, 6.07) is 9.40. The van der Waals surface area contributed by atoms with E-state index in [2.05, 4.69) is 4.72 Å². The van der Waals surface area contributed by atoms with Gasteiger partial charge < -0.3 is 4.90 Å². The Labute approximate surface area is 160 Å². The van der Waals surface area contributed by atoms with Crippen LogP contribution in [0.15, 0.2) is 34.5 Å². The molecule has 0 fully saturated rings. The predicted molar refractivity (Wildman–Crippen MR) is 107 cm³/mol. The van der Waals surface area contributed by atoms with Crippen molar-refractivity contribution in [3.8, 4) is 0 Å². The summed E-state index contributed by atoms with van der Waals surface area (Å²) in [4.78, 5) is 14.9. The van der Waals surface area contributed by atoms with Crippen LogP contribution in [0.3, 0.4) is 0 Å². The highest BCUT2D eigenvalue weighted by Gasteiger charge is 2.20. The number of nitrogens with zero attached hydrogens (tertiary/aromatic N) is 1. The standard InChI is InChI=1S/C19H26N2O3S2/c1-5-16-9-7-8-14(3)19(16)21(15(4)22)13-12-20-26(23,24)18-11-10-17(6-2)25-18/h7-11,20H,5-6,12-13H2,1-4H3. The summed E-state index contributed by atoms with van der Waals surface area (Å²) in [5.74, 6) is -0.0995. The lowest BCUT2D eigenvalue weighted by atomic mass is 10.0. The van der Waals surface area contributed by atoms with Gasteiger partial charge in [0, 0.05) is 30.6 Å². The summed E-state index contributed by atoms with van der Waals surface area (Å²) in [5.41, 5.74) is 2.97. The van der Waals surface area contributed by atoms with E-state index in [-0.39, 0.29) is 12.5 Å². The normalized spacial score (nSPS) is 11.5. The van der Waals surface area contributed by atoms with Gasteiger partial charge in [0.15, 0.2) is 0 Å². The number of nitrogens with one attached hydrogen (secondary N) is 1. The van der Waals surface area contributed by atoms with Crippen LogP contribution in [0.4, 0.5) is 5.69 Å². The fourth-order valence-corrected chi connectivity index (χ4v) is 5.23. The second kappa shape index (κ2) is 8.79. The summed E-state index contributed by atoms with van der Waals surface area (Å²) in [5, 5.41) is 0. The molecule has 1 heterocycles. The average Bonchev–Trinajstić information content (AvgIpc) is 3.09. The minimum atomic E-state index is -3.55. The van der Waals surface area contributed by atoms with Crippen LogP contribution in [0, 0.1) is 6.92 Å². The zero-order chi connectivity index (χ0) is 19.3. The first-order valence-electron chi connectivity index (χ1n) is 8.75. The molecule has 5 nitrogen and oxygen atoms in total. The molecule has 1 aromatic heterocycles. The first-order chi connectivity index (χ1) is 12.3. The van der Waals surface area contributed by atoms with Crippen molar-refractivity contribution in [1.82, 2.24) is 4.72 Å². The van der Waals surface area contributed by atoms with Crippen LogP contribution in [0.5, 0.6) is 0 Å². The molecular formula is C19H26N2O3S2. The molecule has 0 aliphatic rings. The summed E-state index contributed by atoms with van der Waals surface area (Å²) >= 11 is 1.28. The largest absolute Gasteiger partial charge is 0.311 e. The Kier molecular flexibility index (Phi) is 6.97. The summed E-state index contributed by atoms with van der Waals surface area (Å²) in [7, 11) is -3.55. The molecule has 0 spiro atoms. The number of benzene rings is 1. The second-order valence-electron chi connectivity index (χ2n) is 6.08. The molecule has 7 heteroatoms. The van der Waals surface area contributed by atoms with Crippen molar-refractivity contribution in [3.05, 3.63) is 46.3 Å². The lowest BCUT2D eigenvalue weighted by Crippen LogP contribution is -2.38. The van der Waals surface area contributed by atoms with Gasteiger partial charge in [-0.05, 0) is 43.0 Å². The van der Waals surface area contributed by atoms with Crippen molar-refractivity contribution in [3.63, 3.8) is 0 Å². The summed E-state index contributed by atoms with van der Waals surface area (Å²) in [6.45, 7) is 7.96. The molecule has 1 aromatic carbocycles. The highest BCUT2D eigenvalue weighted by molar-refractivity contribution is 7.91. The van der Waals surface area contributed by atoms with Gasteiger partial charge in [-0.3, -0.25) is 4.79 Å². The van der Waals surface area contributed by atoms with E-state index in [4.69, 9.17) is 0 Å². The number of para-hydroxylation sites is 1. The van der Waals surface area contributed by atoms with Crippen LogP contribution in [0.25, 0.3) is 0 Å². The SMILES string of the molecule is CCc1ccc(S(=O)(=O)NCCN(C(C)=O)c2c(C)cccc2CC)s1. The first-order valence-corrected chi connectivity index (χ1v) is 11.0. The molecule has 0 aliphatic carbocycles. The lowest BCUT2D eigenvalue weighted by molar-refractivity contribution is -0.116. The van der Waals surface area contributed by atoms with Crippen molar-refractivity contribution in [2.75, 3.05) is 18.0 Å². The van der Waals surface area contributed by atoms with Gasteiger partial charge in [-0.25, -0.2) is 13.1 Å². The third-order valence-corrected chi connectivity index (χ3v) is 7.41. The molecule has 26 heavy (non-hydrogen) atoms. The molecule has 1 N–H and O–H groups in total. The van der Waals surface area contributed by atoms with Crippen LogP contribution in [0.1, 0.15) is 36.8 Å². The van der Waals surface area contributed by atoms with E-state index in [1.165, 1.54) is 18.3 Å². The molecule has 0 aliphatic heterocycles. The number of aryl methyl sites for hydroxylation is 3. The van der Waals surface area contributed by atoms with Gasteiger partial charge in [-0.1, -0.05) is 32.0 Å². The lowest BCUT2D eigenvalue weighted by Gasteiger charge is -2.26. The molecule has 0 atom stereocenters. The van der Waals surface area contributed by atoms with Gasteiger partial charge in [0.05, 0.1) is 0 Å². The molecule has 2 aromatic rings. The van der Waals surface area contributed by atoms with Gasteiger partial charge in [0.1, 0.15) is 4.21 Å². The highest BCUT2D eigenvalue weighted by atomic mass is 32.2. The molecule has 142 valence electrons. The Bertz CT molecular complexity index is 873. The minimum Gasteiger partial charge on any atom is -0.311 e. The number of hydrogen-bond acceptors (Lipinski definition) is 4. The molecule has 0 radical (unpaired) electrons. The molecule has 0 unspecified atom stereocenters. The number of sulfonamides is 1. The monoisotopic (exact) mass is 394 g/mol. The molecular weight excluding hydrogens is 368 g/mol. The number of hydrogen-bond donors (Lipinski definition) is 1. The maximum absolute atomic E-state index is 12.4. The molecule has 1 amide bonds. The Morgan fingerprint density at radius 2 is 1.88 bits per heavy atom. The van der Waals surface area contributed by atoms with E-state index in [1.54, 1.807) is 11.0 Å². The van der Waals surface area contributed by atoms with Crippen molar-refractivity contribution in [2.45, 2.75) is 44.7 Å². The number of anilines is 1. The average molecular weight is 395 g/mol. The molecule has 0 bridgehead atoms. The maximum atomic E-state index is 12.4. The van der Waals surface area contributed by atoms with E-state index in [1.807, 2.05) is 45.0 Å². The quantitative estimate of drug-likeness (QED) is 0.745. The van der Waals surface area contributed by atoms with E-state index < -0.39 is 10.0 Å². The fourth-order valence-electron chi connectivity index (χ4n) is 2.87. The van der Waals surface area contributed by atoms with Crippen molar-refractivity contribution < 1.29 is 13.2 Å². The predicted octanol–water partition coefficient (Wildman–Crippen LogP) is 3.51. The van der Waals surface area contributed by atoms with Crippen LogP contribution in [-0.4, -0.2) is 27.4 Å². The molecule has 2 rings (SSSR count). The topological polar surface area (TPSA) is 66.5 Å². The van der Waals surface area contributed by atoms with E-state index in [0.29, 0.717) is 10.8 Å². The molecule has 0 saturated heterocycles. The molecule has 0 saturated carbocycles. The van der Waals surface area contributed by atoms with Gasteiger partial charge in [0.2, 0.25) is 15.9 Å². The number of amides is 1. The van der Waals surface area contributed by atoms with Gasteiger partial charge in [-0.2, -0.15) is 0 Å². The second-order valence-corrected chi connectivity index (χ2v) is 9.24. The zero-order valence-corrected chi connectivity index (χ0v) is 17.3. The Morgan fingerprint density at radius 3 is 2.46 bits per heavy atom. The Balaban J connectivity index is 2.14. The maximum Gasteiger partial charge on any atom is 0.250 e. The van der Waals surface area contributed by atoms with Crippen LogP contribution in [-0.2, 0) is 27.7 Å². The number of carbonyl (C=O) groups is 1. The van der Waals surface area contributed by atoms with E-state index in [9.17, 15) is 13.2 Å². The first kappa shape index (κ1) is 20.6. The highest BCUT2D eigenvalue weighted by Crippen LogP contribution is 2.26.